The Labute approximate surface area is 94.0 Å². The fourth-order valence-electron chi connectivity index (χ4n) is 1.58. The van der Waals surface area contributed by atoms with E-state index in [-0.39, 0.29) is 4.20 Å². The summed E-state index contributed by atoms with van der Waals surface area (Å²) < 4.78 is 0.0897. The molecule has 3 N–H and O–H groups in total. The molecular weight excluding hydrogens is 237 g/mol. The number of hydrogen-bond donors (Lipinski definition) is 2. The third-order valence-corrected chi connectivity index (χ3v) is 5.18. The molecule has 0 amide bonds. The second-order valence-corrected chi connectivity index (χ2v) is 5.96. The van der Waals surface area contributed by atoms with Crippen LogP contribution in [0.25, 0.3) is 0 Å². The van der Waals surface area contributed by atoms with Crippen molar-refractivity contribution < 1.29 is 5.11 Å². The van der Waals surface area contributed by atoms with Crippen molar-refractivity contribution in [1.82, 2.24) is 0 Å². The Balaban J connectivity index is 3.22. The Morgan fingerprint density at radius 2 is 1.93 bits per heavy atom. The Morgan fingerprint density at radius 1 is 1.36 bits per heavy atom. The van der Waals surface area contributed by atoms with E-state index in [1.54, 1.807) is 29.0 Å². The monoisotopic (exact) mass is 255 g/mol. The van der Waals surface area contributed by atoms with E-state index in [1.165, 1.54) is 0 Å². The fourth-order valence-corrected chi connectivity index (χ4v) is 2.07. The standard InChI is InChI=1S/C11H18AsNO/c1-3-11(12,4-2)9-7-8(13)5-6-10(9)14/h5-7,14H,3-4,12-13H2,1-2H3. The summed E-state index contributed by atoms with van der Waals surface area (Å²) in [6, 6.07) is 5.31. The minimum absolute atomic E-state index is 0.0897. The van der Waals surface area contributed by atoms with E-state index < -0.39 is 0 Å². The van der Waals surface area contributed by atoms with Crippen molar-refractivity contribution in [2.24, 2.45) is 0 Å². The molecular formula is C11H18AsNO. The van der Waals surface area contributed by atoms with E-state index in [1.807, 2.05) is 6.07 Å². The van der Waals surface area contributed by atoms with Crippen LogP contribution in [-0.4, -0.2) is 22.0 Å². The normalized spacial score (nSPS) is 11.6. The second-order valence-electron chi connectivity index (χ2n) is 3.64. The first-order chi connectivity index (χ1) is 6.53. The van der Waals surface area contributed by atoms with Gasteiger partial charge in [-0.15, -0.1) is 0 Å². The van der Waals surface area contributed by atoms with Crippen LogP contribution in [0.15, 0.2) is 18.2 Å². The molecule has 0 aliphatic rings. The minimum atomic E-state index is 0.0897. The van der Waals surface area contributed by atoms with Crippen LogP contribution in [0.5, 0.6) is 5.75 Å². The fraction of sp³-hybridized carbons (Fsp3) is 0.455. The van der Waals surface area contributed by atoms with Crippen molar-refractivity contribution >= 4 is 22.5 Å². The number of nitrogens with two attached hydrogens (primary N) is 1. The van der Waals surface area contributed by atoms with Gasteiger partial charge >= 0.3 is 93.8 Å². The van der Waals surface area contributed by atoms with Crippen LogP contribution in [-0.2, 0) is 4.20 Å². The van der Waals surface area contributed by atoms with Gasteiger partial charge in [0.05, 0.1) is 0 Å². The van der Waals surface area contributed by atoms with Gasteiger partial charge in [-0.25, -0.2) is 0 Å². The Kier molecular flexibility index (Phi) is 3.49. The summed E-state index contributed by atoms with van der Waals surface area (Å²) in [6.45, 7) is 4.29. The number of hydrogen-bond acceptors (Lipinski definition) is 2. The van der Waals surface area contributed by atoms with Crippen LogP contribution >= 0.6 is 0 Å². The quantitative estimate of drug-likeness (QED) is 0.490. The molecule has 2 nitrogen and oxygen atoms in total. The van der Waals surface area contributed by atoms with Crippen molar-refractivity contribution in [1.29, 1.82) is 0 Å². The molecule has 0 saturated carbocycles. The van der Waals surface area contributed by atoms with Gasteiger partial charge in [-0.2, -0.15) is 0 Å². The van der Waals surface area contributed by atoms with Gasteiger partial charge in [0.25, 0.3) is 0 Å². The molecule has 0 saturated heterocycles. The first-order valence-corrected chi connectivity index (χ1v) is 6.12. The molecule has 0 spiro atoms. The van der Waals surface area contributed by atoms with Crippen molar-refractivity contribution in [2.75, 3.05) is 5.73 Å². The Hall–Kier alpha value is -0.622. The van der Waals surface area contributed by atoms with Crippen LogP contribution in [0.2, 0.25) is 0 Å². The topological polar surface area (TPSA) is 46.2 Å². The third-order valence-electron chi connectivity index (χ3n) is 2.82. The molecule has 0 aliphatic carbocycles. The summed E-state index contributed by atoms with van der Waals surface area (Å²) in [5.41, 5.74) is 7.44. The van der Waals surface area contributed by atoms with Crippen LogP contribution < -0.4 is 5.73 Å². The van der Waals surface area contributed by atoms with E-state index in [2.05, 4.69) is 13.8 Å². The second kappa shape index (κ2) is 4.27. The van der Waals surface area contributed by atoms with E-state index in [0.29, 0.717) is 5.75 Å². The molecule has 0 fully saturated rings. The zero-order valence-corrected chi connectivity index (χ0v) is 11.2. The summed E-state index contributed by atoms with van der Waals surface area (Å²) >= 11 is 1.65. The third kappa shape index (κ3) is 2.06. The van der Waals surface area contributed by atoms with E-state index in [0.717, 1.165) is 24.1 Å². The summed E-state index contributed by atoms with van der Waals surface area (Å²) in [5.74, 6) is 0.368. The van der Waals surface area contributed by atoms with Crippen LogP contribution in [0.1, 0.15) is 32.3 Å². The maximum absolute atomic E-state index is 9.79. The molecule has 1 rings (SSSR count). The molecule has 0 radical (unpaired) electrons. The van der Waals surface area contributed by atoms with Gasteiger partial charge in [0, 0.05) is 0 Å². The molecule has 0 aliphatic heterocycles. The Bertz CT molecular complexity index is 321. The van der Waals surface area contributed by atoms with Crippen molar-refractivity contribution in [3.8, 4) is 5.75 Å². The zero-order valence-electron chi connectivity index (χ0n) is 8.75. The molecule has 14 heavy (non-hydrogen) atoms. The van der Waals surface area contributed by atoms with E-state index in [4.69, 9.17) is 5.73 Å². The van der Waals surface area contributed by atoms with Gasteiger partial charge in [-0.05, 0) is 0 Å². The van der Waals surface area contributed by atoms with Crippen LogP contribution in [0, 0.1) is 0 Å². The molecule has 3 heteroatoms. The molecule has 0 bridgehead atoms. The van der Waals surface area contributed by atoms with Gasteiger partial charge in [0.2, 0.25) is 0 Å². The van der Waals surface area contributed by atoms with E-state index in [9.17, 15) is 5.11 Å². The van der Waals surface area contributed by atoms with Gasteiger partial charge in [0.1, 0.15) is 0 Å². The number of aromatic hydroxyl groups is 1. The van der Waals surface area contributed by atoms with Crippen molar-refractivity contribution in [3.05, 3.63) is 23.8 Å². The molecule has 1 aromatic carbocycles. The summed E-state index contributed by atoms with van der Waals surface area (Å²) in [4.78, 5) is 0. The zero-order chi connectivity index (χ0) is 10.8. The van der Waals surface area contributed by atoms with Crippen LogP contribution in [0.3, 0.4) is 0 Å². The Morgan fingerprint density at radius 3 is 2.43 bits per heavy atom. The number of phenols is 1. The van der Waals surface area contributed by atoms with Crippen molar-refractivity contribution in [2.45, 2.75) is 30.9 Å². The number of nitrogen functional groups attached to an aromatic ring is 1. The SMILES string of the molecule is CCC([AsH2])(CC)c1cc(N)ccc1O. The van der Waals surface area contributed by atoms with Gasteiger partial charge in [-0.1, -0.05) is 0 Å². The first kappa shape index (κ1) is 11.5. The van der Waals surface area contributed by atoms with Gasteiger partial charge in [-0.3, -0.25) is 0 Å². The molecule has 1 aromatic rings. The average molecular weight is 255 g/mol. The average Bonchev–Trinajstić information content (AvgIpc) is 2.20. The molecule has 1 atom stereocenters. The number of rotatable bonds is 3. The van der Waals surface area contributed by atoms with Gasteiger partial charge in [0.15, 0.2) is 0 Å². The predicted molar refractivity (Wildman–Crippen MR) is 63.3 cm³/mol. The molecule has 1 unspecified atom stereocenters. The van der Waals surface area contributed by atoms with E-state index >= 15 is 0 Å². The number of benzene rings is 1. The molecule has 78 valence electrons. The maximum atomic E-state index is 9.79. The van der Waals surface area contributed by atoms with Crippen molar-refractivity contribution in [3.63, 3.8) is 0 Å². The summed E-state index contributed by atoms with van der Waals surface area (Å²) in [5, 5.41) is 9.79. The van der Waals surface area contributed by atoms with Crippen LogP contribution in [0.4, 0.5) is 5.69 Å². The number of anilines is 1. The predicted octanol–water partition coefficient (Wildman–Crippen LogP) is 1.62. The first-order valence-electron chi connectivity index (χ1n) is 4.91. The van der Waals surface area contributed by atoms with Gasteiger partial charge < -0.3 is 0 Å². The molecule has 0 heterocycles. The molecule has 0 aromatic heterocycles. The summed E-state index contributed by atoms with van der Waals surface area (Å²) in [6.07, 6.45) is 2.06. The summed E-state index contributed by atoms with van der Waals surface area (Å²) in [7, 11) is 0. The number of phenolic OH excluding ortho intramolecular Hbond substituents is 1.